The van der Waals surface area contributed by atoms with Crippen molar-refractivity contribution in [1.29, 1.82) is 0 Å². The van der Waals surface area contributed by atoms with Crippen LogP contribution in [0.4, 0.5) is 4.39 Å². The molecule has 41 heavy (non-hydrogen) atoms. The number of aromatic nitrogens is 1. The van der Waals surface area contributed by atoms with Crippen LogP contribution in [0, 0.1) is 5.82 Å². The highest BCUT2D eigenvalue weighted by Crippen LogP contribution is 2.44. The summed E-state index contributed by atoms with van der Waals surface area (Å²) in [6, 6.07) is 18.7. The molecule has 2 saturated heterocycles. The van der Waals surface area contributed by atoms with Gasteiger partial charge in [0.05, 0.1) is 17.3 Å². The molecule has 7 nitrogen and oxygen atoms in total. The van der Waals surface area contributed by atoms with Gasteiger partial charge in [-0.1, -0.05) is 12.1 Å². The third-order valence-corrected chi connectivity index (χ3v) is 10.1. The second kappa shape index (κ2) is 9.92. The molecule has 7 rings (SSSR count). The number of benzene rings is 3. The smallest absolute Gasteiger partial charge is 0.253 e. The molecule has 1 aromatic heterocycles. The van der Waals surface area contributed by atoms with Crippen LogP contribution >= 0.6 is 0 Å². The zero-order valence-corrected chi connectivity index (χ0v) is 23.5. The number of rotatable bonds is 5. The van der Waals surface area contributed by atoms with Crippen LogP contribution in [0.2, 0.25) is 0 Å². The van der Waals surface area contributed by atoms with Crippen molar-refractivity contribution in [2.75, 3.05) is 32.6 Å². The van der Waals surface area contributed by atoms with Gasteiger partial charge in [-0.2, -0.15) is 0 Å². The van der Waals surface area contributed by atoms with Crippen molar-refractivity contribution in [3.63, 3.8) is 0 Å². The van der Waals surface area contributed by atoms with Gasteiger partial charge >= 0.3 is 0 Å². The van der Waals surface area contributed by atoms with Gasteiger partial charge in [-0.05, 0) is 78.1 Å². The molecule has 0 N–H and O–H groups in total. The molecule has 0 radical (unpaired) electrons. The number of carbonyl (C=O) groups excluding carboxylic acids is 1. The molecular weight excluding hydrogens is 541 g/mol. The quantitative estimate of drug-likeness (QED) is 0.333. The largest absolute Gasteiger partial charge is 0.381 e. The molecule has 3 aliphatic heterocycles. The number of nitrogens with zero attached hydrogens (tertiary/aromatic N) is 3. The van der Waals surface area contributed by atoms with Crippen LogP contribution in [0.25, 0.3) is 27.7 Å². The van der Waals surface area contributed by atoms with E-state index in [2.05, 4.69) is 21.7 Å². The van der Waals surface area contributed by atoms with Gasteiger partial charge in [-0.3, -0.25) is 9.79 Å². The van der Waals surface area contributed by atoms with Crippen molar-refractivity contribution in [3.05, 3.63) is 88.9 Å². The van der Waals surface area contributed by atoms with Crippen LogP contribution in [-0.4, -0.2) is 67.8 Å². The van der Waals surface area contributed by atoms with Crippen molar-refractivity contribution < 1.29 is 22.3 Å². The first-order valence-corrected chi connectivity index (χ1v) is 15.9. The molecule has 2 fully saturated rings. The summed E-state index contributed by atoms with van der Waals surface area (Å²) in [5.74, 6) is -0.212. The van der Waals surface area contributed by atoms with E-state index in [1.54, 1.807) is 4.90 Å². The summed E-state index contributed by atoms with van der Waals surface area (Å²) in [6.45, 7) is 2.44. The van der Waals surface area contributed by atoms with E-state index in [1.807, 2.05) is 42.6 Å². The Kier molecular flexibility index (Phi) is 6.32. The molecule has 3 aliphatic rings. The summed E-state index contributed by atoms with van der Waals surface area (Å²) < 4.78 is 45.6. The topological polar surface area (TPSA) is 81.0 Å². The average Bonchev–Trinajstić information content (AvgIpc) is 3.53. The summed E-state index contributed by atoms with van der Waals surface area (Å²) in [4.78, 5) is 19.2. The Morgan fingerprint density at radius 2 is 1.71 bits per heavy atom. The van der Waals surface area contributed by atoms with E-state index in [4.69, 9.17) is 4.74 Å². The number of likely N-dealkylation sites (tertiary alicyclic amines) is 1. The molecule has 0 bridgehead atoms. The summed E-state index contributed by atoms with van der Waals surface area (Å²) >= 11 is 0. The zero-order chi connectivity index (χ0) is 28.3. The second-order valence-electron chi connectivity index (χ2n) is 11.2. The normalized spacial score (nSPS) is 17.7. The van der Waals surface area contributed by atoms with Crippen LogP contribution in [0.15, 0.2) is 65.7 Å². The van der Waals surface area contributed by atoms with Gasteiger partial charge in [-0.15, -0.1) is 0 Å². The summed E-state index contributed by atoms with van der Waals surface area (Å²) in [7, 11) is -3.16. The van der Waals surface area contributed by atoms with Gasteiger partial charge in [0, 0.05) is 72.6 Å². The maximum absolute atomic E-state index is 14.0. The van der Waals surface area contributed by atoms with Crippen LogP contribution < -0.4 is 0 Å². The summed E-state index contributed by atoms with van der Waals surface area (Å²) in [5, 5.41) is 0.605. The highest BCUT2D eigenvalue weighted by atomic mass is 32.2. The van der Waals surface area contributed by atoms with E-state index in [0.717, 1.165) is 51.8 Å². The standard InChI is InChI=1S/C32H30FN3O4S/c1-41(38,39)27-18-35(19-27)32(37)22-4-2-20(3-5-22)30-28-14-23-16-34-17-24(23)15-29(28)36(26-8-6-25(33)7-9-26)31(30)21-10-12-40-13-11-21/h2-9,14-15,17,21,27H,10-13,16,18-19H2,1H3. The van der Waals surface area contributed by atoms with Crippen molar-refractivity contribution in [2.24, 2.45) is 4.99 Å². The molecule has 0 spiro atoms. The minimum atomic E-state index is -3.16. The van der Waals surface area contributed by atoms with Gasteiger partial charge in [0.15, 0.2) is 9.84 Å². The molecule has 1 amide bonds. The number of fused-ring (bicyclic) bond motifs is 2. The third-order valence-electron chi connectivity index (χ3n) is 8.61. The lowest BCUT2D eigenvalue weighted by Crippen LogP contribution is -2.56. The molecule has 3 aromatic carbocycles. The number of halogens is 1. The highest BCUT2D eigenvalue weighted by molar-refractivity contribution is 7.91. The number of carbonyl (C=O) groups is 1. The maximum atomic E-state index is 14.0. The van der Waals surface area contributed by atoms with Gasteiger partial charge < -0.3 is 14.2 Å². The predicted octanol–water partition coefficient (Wildman–Crippen LogP) is 5.13. The van der Waals surface area contributed by atoms with Gasteiger partial charge in [-0.25, -0.2) is 12.8 Å². The van der Waals surface area contributed by atoms with E-state index < -0.39 is 15.1 Å². The fraction of sp³-hybridized carbons (Fsp3) is 0.312. The average molecular weight is 572 g/mol. The first-order valence-electron chi connectivity index (χ1n) is 13.9. The SMILES string of the molecule is CS(=O)(=O)C1CN(C(=O)c2ccc(-c3c(C4CCOCC4)n(-c4ccc(F)cc4)c4cc5c(cc34)CN=C5)cc2)C1. The van der Waals surface area contributed by atoms with E-state index >= 15 is 0 Å². The first-order chi connectivity index (χ1) is 19.8. The second-order valence-corrected chi connectivity index (χ2v) is 13.6. The van der Waals surface area contributed by atoms with Gasteiger partial charge in [0.2, 0.25) is 0 Å². The zero-order valence-electron chi connectivity index (χ0n) is 22.7. The minimum absolute atomic E-state index is 0.162. The number of sulfone groups is 1. The summed E-state index contributed by atoms with van der Waals surface area (Å²) in [5.41, 5.74) is 7.97. The first kappa shape index (κ1) is 26.1. The number of ether oxygens (including phenoxy) is 1. The number of hydrogen-bond acceptors (Lipinski definition) is 5. The lowest BCUT2D eigenvalue weighted by Gasteiger charge is -2.38. The third kappa shape index (κ3) is 4.57. The Bertz CT molecular complexity index is 1800. The van der Waals surface area contributed by atoms with E-state index in [9.17, 15) is 17.6 Å². The van der Waals surface area contributed by atoms with Gasteiger partial charge in [0.25, 0.3) is 5.91 Å². The predicted molar refractivity (Wildman–Crippen MR) is 157 cm³/mol. The van der Waals surface area contributed by atoms with Crippen LogP contribution in [0.5, 0.6) is 0 Å². The van der Waals surface area contributed by atoms with Crippen molar-refractivity contribution in [1.82, 2.24) is 9.47 Å². The Morgan fingerprint density at radius 1 is 1.00 bits per heavy atom. The van der Waals surface area contributed by atoms with Crippen molar-refractivity contribution in [2.45, 2.75) is 30.6 Å². The number of hydrogen-bond donors (Lipinski definition) is 0. The minimum Gasteiger partial charge on any atom is -0.381 e. The summed E-state index contributed by atoms with van der Waals surface area (Å²) in [6.07, 6.45) is 4.88. The maximum Gasteiger partial charge on any atom is 0.253 e. The number of amides is 1. The molecule has 4 heterocycles. The molecule has 9 heteroatoms. The highest BCUT2D eigenvalue weighted by Gasteiger charge is 2.37. The molecule has 0 unspecified atom stereocenters. The molecule has 4 aromatic rings. The fourth-order valence-corrected chi connectivity index (χ4v) is 7.18. The molecule has 0 atom stereocenters. The van der Waals surface area contributed by atoms with Crippen molar-refractivity contribution >= 4 is 32.9 Å². The van der Waals surface area contributed by atoms with Crippen molar-refractivity contribution in [3.8, 4) is 16.8 Å². The monoisotopic (exact) mass is 571 g/mol. The van der Waals surface area contributed by atoms with E-state index in [-0.39, 0.29) is 30.7 Å². The molecule has 0 saturated carbocycles. The van der Waals surface area contributed by atoms with E-state index in [0.29, 0.717) is 25.3 Å². The molecule has 0 aliphatic carbocycles. The Hall–Kier alpha value is -3.82. The van der Waals surface area contributed by atoms with Gasteiger partial charge in [0.1, 0.15) is 5.82 Å². The van der Waals surface area contributed by atoms with Crippen LogP contribution in [-0.2, 0) is 21.1 Å². The Balaban J connectivity index is 1.36. The molecule has 210 valence electrons. The number of aliphatic imine (C=N–C) groups is 1. The Morgan fingerprint density at radius 3 is 2.39 bits per heavy atom. The van der Waals surface area contributed by atoms with Crippen LogP contribution in [0.3, 0.4) is 0 Å². The fourth-order valence-electron chi connectivity index (χ4n) is 6.28. The Labute approximate surface area is 238 Å². The van der Waals surface area contributed by atoms with E-state index in [1.165, 1.54) is 24.0 Å². The molecular formula is C32H30FN3O4S. The lowest BCUT2D eigenvalue weighted by molar-refractivity contribution is 0.0659. The lowest BCUT2D eigenvalue weighted by atomic mass is 9.89. The van der Waals surface area contributed by atoms with Crippen LogP contribution in [0.1, 0.15) is 45.9 Å².